The lowest BCUT2D eigenvalue weighted by molar-refractivity contribution is 0.0694. The largest absolute Gasteiger partial charge is 0.474 e. The van der Waals surface area contributed by atoms with Crippen LogP contribution in [-0.2, 0) is 5.41 Å². The van der Waals surface area contributed by atoms with Gasteiger partial charge in [0.2, 0.25) is 5.88 Å². The highest BCUT2D eigenvalue weighted by atomic mass is 16.5. The summed E-state index contributed by atoms with van der Waals surface area (Å²) in [5.41, 5.74) is 1.57. The highest BCUT2D eigenvalue weighted by Gasteiger charge is 2.33. The van der Waals surface area contributed by atoms with Gasteiger partial charge in [0.25, 0.3) is 0 Å². The summed E-state index contributed by atoms with van der Waals surface area (Å²) in [6.45, 7) is 13.2. The number of pyridine rings is 1. The summed E-state index contributed by atoms with van der Waals surface area (Å²) in [6.07, 6.45) is 4.38. The second-order valence-electron chi connectivity index (χ2n) is 7.94. The molecule has 3 heteroatoms. The lowest BCUT2D eigenvalue weighted by Crippen LogP contribution is -2.53. The van der Waals surface area contributed by atoms with Gasteiger partial charge in [-0.25, -0.2) is 4.98 Å². The SMILES string of the molecule is CC(C)(C)NC1CC(Oc2ccc(C(C)(C)C)cn2)C1. The average molecular weight is 276 g/mol. The summed E-state index contributed by atoms with van der Waals surface area (Å²) in [5.74, 6) is 0.747. The minimum absolute atomic E-state index is 0.143. The van der Waals surface area contributed by atoms with Crippen LogP contribution in [0.5, 0.6) is 5.88 Å². The second-order valence-corrected chi connectivity index (χ2v) is 7.94. The van der Waals surface area contributed by atoms with Crippen molar-refractivity contribution in [3.63, 3.8) is 0 Å². The van der Waals surface area contributed by atoms with Crippen LogP contribution >= 0.6 is 0 Å². The maximum atomic E-state index is 5.91. The highest BCUT2D eigenvalue weighted by molar-refractivity contribution is 5.23. The Balaban J connectivity index is 1.82. The fraction of sp³-hybridized carbons (Fsp3) is 0.706. The molecule has 1 fully saturated rings. The maximum absolute atomic E-state index is 5.91. The number of rotatable bonds is 3. The van der Waals surface area contributed by atoms with Gasteiger partial charge in [-0.1, -0.05) is 26.8 Å². The van der Waals surface area contributed by atoms with Crippen molar-refractivity contribution >= 4 is 0 Å². The van der Waals surface area contributed by atoms with E-state index in [1.54, 1.807) is 0 Å². The van der Waals surface area contributed by atoms with Crippen molar-refractivity contribution in [1.82, 2.24) is 10.3 Å². The van der Waals surface area contributed by atoms with E-state index in [-0.39, 0.29) is 11.0 Å². The molecule has 0 atom stereocenters. The molecule has 1 saturated carbocycles. The van der Waals surface area contributed by atoms with Crippen LogP contribution in [0.2, 0.25) is 0 Å². The summed E-state index contributed by atoms with van der Waals surface area (Å²) in [5, 5.41) is 3.60. The molecule has 1 aromatic heterocycles. The Bertz CT molecular complexity index is 434. The summed E-state index contributed by atoms with van der Waals surface area (Å²) in [7, 11) is 0. The van der Waals surface area contributed by atoms with Crippen molar-refractivity contribution < 1.29 is 4.74 Å². The van der Waals surface area contributed by atoms with Gasteiger partial charge < -0.3 is 10.1 Å². The monoisotopic (exact) mass is 276 g/mol. The summed E-state index contributed by atoms with van der Waals surface area (Å²) >= 11 is 0. The molecule has 0 radical (unpaired) electrons. The molecule has 1 aromatic rings. The first kappa shape index (κ1) is 15.3. The van der Waals surface area contributed by atoms with Crippen LogP contribution in [0.4, 0.5) is 0 Å². The molecule has 1 aliphatic rings. The molecule has 0 aromatic carbocycles. The van der Waals surface area contributed by atoms with Gasteiger partial charge >= 0.3 is 0 Å². The topological polar surface area (TPSA) is 34.1 Å². The molecular formula is C17H28N2O. The van der Waals surface area contributed by atoms with Crippen LogP contribution in [0, 0.1) is 0 Å². The number of ether oxygens (including phenoxy) is 1. The third-order valence-corrected chi connectivity index (χ3v) is 3.62. The molecule has 0 spiro atoms. The molecule has 3 nitrogen and oxygen atoms in total. The predicted molar refractivity (Wildman–Crippen MR) is 83.3 cm³/mol. The number of nitrogens with one attached hydrogen (secondary N) is 1. The average Bonchev–Trinajstić information content (AvgIpc) is 2.24. The normalized spacial score (nSPS) is 23.3. The molecule has 0 unspecified atom stereocenters. The fourth-order valence-corrected chi connectivity index (χ4v) is 2.46. The Kier molecular flexibility index (Phi) is 4.10. The zero-order valence-corrected chi connectivity index (χ0v) is 13.7. The van der Waals surface area contributed by atoms with Crippen molar-refractivity contribution in [3.05, 3.63) is 23.9 Å². The van der Waals surface area contributed by atoms with E-state index in [1.165, 1.54) is 5.56 Å². The molecule has 2 rings (SSSR count). The number of hydrogen-bond acceptors (Lipinski definition) is 3. The number of hydrogen-bond donors (Lipinski definition) is 1. The fourth-order valence-electron chi connectivity index (χ4n) is 2.46. The molecule has 0 aliphatic heterocycles. The van der Waals surface area contributed by atoms with Gasteiger partial charge in [-0.2, -0.15) is 0 Å². The van der Waals surface area contributed by atoms with Crippen molar-refractivity contribution in [1.29, 1.82) is 0 Å². The Hall–Kier alpha value is -1.09. The molecule has 20 heavy (non-hydrogen) atoms. The molecule has 0 amide bonds. The minimum Gasteiger partial charge on any atom is -0.474 e. The van der Waals surface area contributed by atoms with E-state index in [0.29, 0.717) is 12.1 Å². The van der Waals surface area contributed by atoms with Gasteiger partial charge in [0.05, 0.1) is 0 Å². The molecule has 1 aliphatic carbocycles. The Morgan fingerprint density at radius 1 is 1.10 bits per heavy atom. The summed E-state index contributed by atoms with van der Waals surface area (Å²) in [6, 6.07) is 4.69. The van der Waals surface area contributed by atoms with E-state index in [4.69, 9.17) is 4.74 Å². The van der Waals surface area contributed by atoms with Crippen LogP contribution in [0.3, 0.4) is 0 Å². The molecule has 1 N–H and O–H groups in total. The van der Waals surface area contributed by atoms with Gasteiger partial charge in [0, 0.05) is 23.8 Å². The Morgan fingerprint density at radius 2 is 1.75 bits per heavy atom. The first-order valence-corrected chi connectivity index (χ1v) is 7.54. The third-order valence-electron chi connectivity index (χ3n) is 3.62. The Labute approximate surface area is 123 Å². The van der Waals surface area contributed by atoms with Gasteiger partial charge in [-0.15, -0.1) is 0 Å². The number of nitrogens with zero attached hydrogens (tertiary/aromatic N) is 1. The smallest absolute Gasteiger partial charge is 0.213 e. The lowest BCUT2D eigenvalue weighted by atomic mass is 9.87. The third kappa shape index (κ3) is 4.20. The quantitative estimate of drug-likeness (QED) is 0.914. The van der Waals surface area contributed by atoms with E-state index >= 15 is 0 Å². The van der Waals surface area contributed by atoms with Crippen LogP contribution in [0.1, 0.15) is 59.9 Å². The first-order valence-electron chi connectivity index (χ1n) is 7.54. The van der Waals surface area contributed by atoms with E-state index in [2.05, 4.69) is 57.9 Å². The second kappa shape index (κ2) is 5.36. The van der Waals surface area contributed by atoms with Crippen molar-refractivity contribution in [2.24, 2.45) is 0 Å². The van der Waals surface area contributed by atoms with Gasteiger partial charge in [0.1, 0.15) is 6.10 Å². The number of aromatic nitrogens is 1. The molecule has 0 saturated heterocycles. The summed E-state index contributed by atoms with van der Waals surface area (Å²) in [4.78, 5) is 4.42. The van der Waals surface area contributed by atoms with Gasteiger partial charge in [0.15, 0.2) is 0 Å². The standard InChI is InChI=1S/C17H28N2O/c1-16(2,3)12-7-8-15(18-11-12)20-14-9-13(10-14)19-17(4,5)6/h7-8,11,13-14,19H,9-10H2,1-6H3. The van der Waals surface area contributed by atoms with E-state index in [9.17, 15) is 0 Å². The van der Waals surface area contributed by atoms with Gasteiger partial charge in [-0.3, -0.25) is 0 Å². The zero-order valence-electron chi connectivity index (χ0n) is 13.7. The van der Waals surface area contributed by atoms with E-state index in [0.717, 1.165) is 18.7 Å². The molecular weight excluding hydrogens is 248 g/mol. The van der Waals surface area contributed by atoms with E-state index in [1.807, 2.05) is 12.3 Å². The Morgan fingerprint density at radius 3 is 2.20 bits per heavy atom. The van der Waals surface area contributed by atoms with E-state index < -0.39 is 0 Å². The van der Waals surface area contributed by atoms with Crippen LogP contribution in [0.15, 0.2) is 18.3 Å². The zero-order chi connectivity index (χ0) is 15.0. The van der Waals surface area contributed by atoms with Crippen LogP contribution in [0.25, 0.3) is 0 Å². The highest BCUT2D eigenvalue weighted by Crippen LogP contribution is 2.28. The summed E-state index contributed by atoms with van der Waals surface area (Å²) < 4.78 is 5.91. The molecule has 1 heterocycles. The molecule has 112 valence electrons. The van der Waals surface area contributed by atoms with Crippen molar-refractivity contribution in [2.75, 3.05) is 0 Å². The predicted octanol–water partition coefficient (Wildman–Crippen LogP) is 3.68. The first-order chi connectivity index (χ1) is 9.13. The van der Waals surface area contributed by atoms with Crippen molar-refractivity contribution in [3.8, 4) is 5.88 Å². The van der Waals surface area contributed by atoms with Crippen LogP contribution < -0.4 is 10.1 Å². The maximum Gasteiger partial charge on any atom is 0.213 e. The van der Waals surface area contributed by atoms with Crippen LogP contribution in [-0.4, -0.2) is 22.7 Å². The lowest BCUT2D eigenvalue weighted by Gasteiger charge is -2.39. The minimum atomic E-state index is 0.143. The van der Waals surface area contributed by atoms with Crippen molar-refractivity contribution in [2.45, 2.75) is 77.5 Å². The van der Waals surface area contributed by atoms with Gasteiger partial charge in [-0.05, 0) is 44.6 Å². The molecule has 0 bridgehead atoms.